The van der Waals surface area contributed by atoms with Crippen molar-refractivity contribution in [3.05, 3.63) is 59.0 Å². The molecular formula is C23H21N3O3S. The van der Waals surface area contributed by atoms with Gasteiger partial charge in [0.15, 0.2) is 10.9 Å². The largest absolute Gasteiger partial charge is 0.372 e. The van der Waals surface area contributed by atoms with E-state index < -0.39 is 0 Å². The van der Waals surface area contributed by atoms with Gasteiger partial charge in [0.05, 0.1) is 22.5 Å². The Balaban J connectivity index is 1.42. The van der Waals surface area contributed by atoms with Crippen molar-refractivity contribution in [2.75, 3.05) is 13.1 Å². The van der Waals surface area contributed by atoms with E-state index in [1.54, 1.807) is 0 Å². The Morgan fingerprint density at radius 2 is 1.87 bits per heavy atom. The standard InChI is InChI=1S/C23H21N3O3S/c1-14-12-26(13-15(2)28-14)23-24-22(27)20(30-23)11-16-8-9-19-18(10-16)21(29-25-19)17-6-4-3-5-7-17/h3-11,14-15H,12-13H2,1-2H3. The summed E-state index contributed by atoms with van der Waals surface area (Å²) in [5.74, 6) is 0.528. The molecule has 2 aromatic carbocycles. The molecule has 30 heavy (non-hydrogen) atoms. The molecule has 0 saturated carbocycles. The number of hydrogen-bond donors (Lipinski definition) is 0. The highest BCUT2D eigenvalue weighted by Crippen LogP contribution is 2.33. The normalized spacial score (nSPS) is 23.4. The summed E-state index contributed by atoms with van der Waals surface area (Å²) in [7, 11) is 0. The number of hydrogen-bond acceptors (Lipinski definition) is 6. The van der Waals surface area contributed by atoms with Crippen molar-refractivity contribution in [3.8, 4) is 11.3 Å². The van der Waals surface area contributed by atoms with Gasteiger partial charge in [-0.25, -0.2) is 0 Å². The number of nitrogens with zero attached hydrogens (tertiary/aromatic N) is 3. The second-order valence-corrected chi connectivity index (χ2v) is 8.64. The topological polar surface area (TPSA) is 67.9 Å². The summed E-state index contributed by atoms with van der Waals surface area (Å²) in [5, 5.41) is 5.83. The van der Waals surface area contributed by atoms with Crippen molar-refractivity contribution in [3.63, 3.8) is 0 Å². The third kappa shape index (κ3) is 3.66. The third-order valence-electron chi connectivity index (χ3n) is 5.13. The van der Waals surface area contributed by atoms with Crippen LogP contribution in [0.15, 0.2) is 63.0 Å². The summed E-state index contributed by atoms with van der Waals surface area (Å²) in [6.07, 6.45) is 2.12. The molecule has 0 spiro atoms. The maximum atomic E-state index is 12.5. The van der Waals surface area contributed by atoms with E-state index in [0.717, 1.165) is 46.0 Å². The van der Waals surface area contributed by atoms with Crippen LogP contribution in [0, 0.1) is 0 Å². The lowest BCUT2D eigenvalue weighted by Gasteiger charge is -2.35. The van der Waals surface area contributed by atoms with Crippen molar-refractivity contribution in [2.45, 2.75) is 26.1 Å². The minimum atomic E-state index is -0.199. The highest BCUT2D eigenvalue weighted by molar-refractivity contribution is 8.18. The van der Waals surface area contributed by atoms with Crippen molar-refractivity contribution < 1.29 is 14.1 Å². The van der Waals surface area contributed by atoms with Gasteiger partial charge in [0, 0.05) is 18.7 Å². The van der Waals surface area contributed by atoms with Crippen LogP contribution < -0.4 is 0 Å². The predicted octanol–water partition coefficient (Wildman–Crippen LogP) is 4.57. The molecule has 1 saturated heterocycles. The maximum absolute atomic E-state index is 12.5. The Bertz CT molecular complexity index is 1160. The summed E-state index contributed by atoms with van der Waals surface area (Å²) in [5.41, 5.74) is 2.67. The lowest BCUT2D eigenvalue weighted by Crippen LogP contribution is -2.47. The number of fused-ring (bicyclic) bond motifs is 1. The molecule has 0 radical (unpaired) electrons. The quantitative estimate of drug-likeness (QED) is 0.567. The summed E-state index contributed by atoms with van der Waals surface area (Å²) >= 11 is 1.43. The zero-order valence-electron chi connectivity index (χ0n) is 16.7. The number of rotatable bonds is 2. The molecule has 2 unspecified atom stereocenters. The van der Waals surface area contributed by atoms with Gasteiger partial charge in [0.2, 0.25) is 0 Å². The summed E-state index contributed by atoms with van der Waals surface area (Å²) in [6, 6.07) is 15.7. The average Bonchev–Trinajstić information content (AvgIpc) is 3.31. The van der Waals surface area contributed by atoms with E-state index in [-0.39, 0.29) is 18.1 Å². The number of thioether (sulfide) groups is 1. The van der Waals surface area contributed by atoms with Crippen molar-refractivity contribution >= 4 is 39.8 Å². The number of amides is 1. The summed E-state index contributed by atoms with van der Waals surface area (Å²) < 4.78 is 11.4. The fourth-order valence-electron chi connectivity index (χ4n) is 3.87. The highest BCUT2D eigenvalue weighted by atomic mass is 32.2. The molecule has 1 amide bonds. The van der Waals surface area contributed by atoms with Gasteiger partial charge in [-0.3, -0.25) is 4.79 Å². The Hall–Kier alpha value is -2.90. The first-order valence-corrected chi connectivity index (χ1v) is 10.8. The molecule has 1 aromatic heterocycles. The molecule has 0 bridgehead atoms. The van der Waals surface area contributed by atoms with Crippen LogP contribution in [0.25, 0.3) is 28.3 Å². The average molecular weight is 420 g/mol. The van der Waals surface area contributed by atoms with Crippen LogP contribution in [-0.4, -0.2) is 46.4 Å². The Labute approximate surface area is 178 Å². The number of morpholine rings is 1. The summed E-state index contributed by atoms with van der Waals surface area (Å²) in [6.45, 7) is 5.56. The van der Waals surface area contributed by atoms with Gasteiger partial charge in [-0.05, 0) is 49.4 Å². The van der Waals surface area contributed by atoms with E-state index in [0.29, 0.717) is 4.91 Å². The Kier molecular flexibility index (Phi) is 4.92. The fourth-order valence-corrected chi connectivity index (χ4v) is 4.80. The molecule has 3 heterocycles. The second-order valence-electron chi connectivity index (χ2n) is 7.63. The fraction of sp³-hybridized carbons (Fsp3) is 0.261. The molecule has 2 aliphatic heterocycles. The first kappa shape index (κ1) is 19.1. The number of carbonyl (C=O) groups excluding carboxylic acids is 1. The molecule has 7 heteroatoms. The number of ether oxygens (including phenoxy) is 1. The van der Waals surface area contributed by atoms with Crippen LogP contribution in [-0.2, 0) is 9.53 Å². The molecule has 0 N–H and O–H groups in total. The van der Waals surface area contributed by atoms with Crippen molar-refractivity contribution in [2.24, 2.45) is 4.99 Å². The monoisotopic (exact) mass is 419 g/mol. The first-order valence-electron chi connectivity index (χ1n) is 9.94. The smallest absolute Gasteiger partial charge is 0.286 e. The lowest BCUT2D eigenvalue weighted by molar-refractivity contribution is -0.113. The number of aliphatic imine (C=N–C) groups is 1. The molecule has 2 atom stereocenters. The predicted molar refractivity (Wildman–Crippen MR) is 119 cm³/mol. The highest BCUT2D eigenvalue weighted by Gasteiger charge is 2.31. The molecule has 0 aliphatic carbocycles. The molecule has 5 rings (SSSR count). The second kappa shape index (κ2) is 7.74. The molecule has 3 aromatic rings. The van der Waals surface area contributed by atoms with Crippen LogP contribution in [0.4, 0.5) is 0 Å². The van der Waals surface area contributed by atoms with Crippen LogP contribution in [0.1, 0.15) is 19.4 Å². The molecular weight excluding hydrogens is 398 g/mol. The van der Waals surface area contributed by atoms with E-state index in [4.69, 9.17) is 9.26 Å². The van der Waals surface area contributed by atoms with Gasteiger partial charge < -0.3 is 14.2 Å². The van der Waals surface area contributed by atoms with Crippen molar-refractivity contribution in [1.82, 2.24) is 10.1 Å². The number of benzene rings is 2. The van der Waals surface area contributed by atoms with Crippen molar-refractivity contribution in [1.29, 1.82) is 0 Å². The number of amidine groups is 1. The molecule has 152 valence electrons. The van der Waals surface area contributed by atoms with E-state index in [1.165, 1.54) is 11.8 Å². The Morgan fingerprint density at radius 3 is 2.63 bits per heavy atom. The van der Waals surface area contributed by atoms with Crippen LogP contribution in [0.3, 0.4) is 0 Å². The van der Waals surface area contributed by atoms with Gasteiger partial charge in [0.25, 0.3) is 5.91 Å². The SMILES string of the molecule is CC1CN(C2=NC(=O)C(=Cc3ccc4noc(-c5ccccc5)c4c3)S2)CC(C)O1. The maximum Gasteiger partial charge on any atom is 0.286 e. The lowest BCUT2D eigenvalue weighted by atomic mass is 10.1. The summed E-state index contributed by atoms with van der Waals surface area (Å²) in [4.78, 5) is 19.6. The minimum Gasteiger partial charge on any atom is -0.372 e. The van der Waals surface area contributed by atoms with Gasteiger partial charge >= 0.3 is 0 Å². The van der Waals surface area contributed by atoms with Crippen LogP contribution in [0.2, 0.25) is 0 Å². The van der Waals surface area contributed by atoms with E-state index in [9.17, 15) is 4.79 Å². The number of carbonyl (C=O) groups is 1. The zero-order chi connectivity index (χ0) is 20.7. The van der Waals surface area contributed by atoms with E-state index in [2.05, 4.69) is 15.0 Å². The molecule has 1 fully saturated rings. The van der Waals surface area contributed by atoms with Gasteiger partial charge in [-0.1, -0.05) is 41.6 Å². The van der Waals surface area contributed by atoms with Gasteiger partial charge in [-0.2, -0.15) is 4.99 Å². The van der Waals surface area contributed by atoms with Gasteiger partial charge in [-0.15, -0.1) is 0 Å². The van der Waals surface area contributed by atoms with Crippen LogP contribution in [0.5, 0.6) is 0 Å². The van der Waals surface area contributed by atoms with E-state index in [1.807, 2.05) is 68.5 Å². The number of aromatic nitrogens is 1. The van der Waals surface area contributed by atoms with Crippen LogP contribution >= 0.6 is 11.8 Å². The third-order valence-corrected chi connectivity index (χ3v) is 6.18. The van der Waals surface area contributed by atoms with E-state index >= 15 is 0 Å². The first-order chi connectivity index (χ1) is 14.6. The van der Waals surface area contributed by atoms with Gasteiger partial charge in [0.1, 0.15) is 5.52 Å². The zero-order valence-corrected chi connectivity index (χ0v) is 17.6. The molecule has 2 aliphatic rings. The minimum absolute atomic E-state index is 0.118. The molecule has 6 nitrogen and oxygen atoms in total. The Morgan fingerprint density at radius 1 is 1.10 bits per heavy atom.